The van der Waals surface area contributed by atoms with Gasteiger partial charge in [-0.2, -0.15) is 5.10 Å². The standard InChI is InChI=1S/C10H20N4/c1-3-4-11-5-6-12-7-10-8-13-14(2)9-10/h8-9,11-12H,3-7H2,1-2H3. The first kappa shape index (κ1) is 11.2. The average Bonchev–Trinajstić information content (AvgIpc) is 2.58. The van der Waals surface area contributed by atoms with Crippen molar-refractivity contribution in [3.8, 4) is 0 Å². The minimum Gasteiger partial charge on any atom is -0.315 e. The molecule has 14 heavy (non-hydrogen) atoms. The second-order valence-electron chi connectivity index (χ2n) is 3.45. The first-order valence-corrected chi connectivity index (χ1v) is 5.22. The van der Waals surface area contributed by atoms with Crippen LogP contribution in [0.2, 0.25) is 0 Å². The fraction of sp³-hybridized carbons (Fsp3) is 0.700. The molecule has 0 aliphatic rings. The average molecular weight is 196 g/mol. The third kappa shape index (κ3) is 4.39. The molecule has 0 aliphatic carbocycles. The molecule has 0 saturated heterocycles. The number of rotatable bonds is 7. The van der Waals surface area contributed by atoms with E-state index in [9.17, 15) is 0 Å². The molecule has 0 spiro atoms. The molecule has 4 heteroatoms. The number of aryl methyl sites for hydroxylation is 1. The predicted octanol–water partition coefficient (Wildman–Crippen LogP) is 0.509. The first-order valence-electron chi connectivity index (χ1n) is 5.22. The number of aromatic nitrogens is 2. The van der Waals surface area contributed by atoms with Crippen LogP contribution < -0.4 is 10.6 Å². The lowest BCUT2D eigenvalue weighted by Crippen LogP contribution is -2.27. The van der Waals surface area contributed by atoms with Gasteiger partial charge in [0.1, 0.15) is 0 Å². The van der Waals surface area contributed by atoms with Gasteiger partial charge < -0.3 is 10.6 Å². The van der Waals surface area contributed by atoms with Crippen LogP contribution in [0, 0.1) is 0 Å². The zero-order valence-electron chi connectivity index (χ0n) is 9.08. The van der Waals surface area contributed by atoms with Gasteiger partial charge in [0, 0.05) is 38.4 Å². The molecule has 0 fully saturated rings. The van der Waals surface area contributed by atoms with E-state index in [0.717, 1.165) is 26.2 Å². The van der Waals surface area contributed by atoms with Crippen molar-refractivity contribution in [3.63, 3.8) is 0 Å². The summed E-state index contributed by atoms with van der Waals surface area (Å²) in [5, 5.41) is 10.8. The van der Waals surface area contributed by atoms with E-state index in [1.807, 2.05) is 24.1 Å². The maximum atomic E-state index is 4.11. The first-order chi connectivity index (χ1) is 6.83. The van der Waals surface area contributed by atoms with E-state index in [-0.39, 0.29) is 0 Å². The molecule has 80 valence electrons. The Morgan fingerprint density at radius 3 is 2.71 bits per heavy atom. The summed E-state index contributed by atoms with van der Waals surface area (Å²) in [6, 6.07) is 0. The van der Waals surface area contributed by atoms with Crippen LogP contribution in [-0.2, 0) is 13.6 Å². The fourth-order valence-corrected chi connectivity index (χ4v) is 1.27. The number of nitrogens with zero attached hydrogens (tertiary/aromatic N) is 2. The van der Waals surface area contributed by atoms with Gasteiger partial charge in [0.25, 0.3) is 0 Å². The van der Waals surface area contributed by atoms with Crippen LogP contribution in [0.15, 0.2) is 12.4 Å². The second kappa shape index (κ2) is 6.56. The van der Waals surface area contributed by atoms with Crippen LogP contribution >= 0.6 is 0 Å². The van der Waals surface area contributed by atoms with Gasteiger partial charge >= 0.3 is 0 Å². The molecule has 0 radical (unpaired) electrons. The summed E-state index contributed by atoms with van der Waals surface area (Å²) in [5.74, 6) is 0. The smallest absolute Gasteiger partial charge is 0.0534 e. The van der Waals surface area contributed by atoms with Crippen LogP contribution in [0.4, 0.5) is 0 Å². The highest BCUT2D eigenvalue weighted by atomic mass is 15.2. The van der Waals surface area contributed by atoms with E-state index in [1.54, 1.807) is 0 Å². The summed E-state index contributed by atoms with van der Waals surface area (Å²) in [6.07, 6.45) is 5.13. The van der Waals surface area contributed by atoms with Gasteiger partial charge in [-0.15, -0.1) is 0 Å². The lowest BCUT2D eigenvalue weighted by molar-refractivity contribution is 0.606. The van der Waals surface area contributed by atoms with Crippen molar-refractivity contribution >= 4 is 0 Å². The lowest BCUT2D eigenvalue weighted by Gasteiger charge is -2.03. The summed E-state index contributed by atoms with van der Waals surface area (Å²) < 4.78 is 1.83. The van der Waals surface area contributed by atoms with E-state index in [1.165, 1.54) is 12.0 Å². The van der Waals surface area contributed by atoms with E-state index in [0.29, 0.717) is 0 Å². The van der Waals surface area contributed by atoms with Gasteiger partial charge in [0.15, 0.2) is 0 Å². The minimum absolute atomic E-state index is 0.904. The van der Waals surface area contributed by atoms with E-state index in [4.69, 9.17) is 0 Å². The Kier molecular flexibility index (Phi) is 5.25. The largest absolute Gasteiger partial charge is 0.315 e. The highest BCUT2D eigenvalue weighted by Gasteiger charge is 1.94. The molecule has 1 aromatic rings. The predicted molar refractivity (Wildman–Crippen MR) is 58.1 cm³/mol. The quantitative estimate of drug-likeness (QED) is 0.624. The Labute approximate surface area is 85.7 Å². The Balaban J connectivity index is 1.99. The molecule has 0 amide bonds. The fourth-order valence-electron chi connectivity index (χ4n) is 1.27. The summed E-state index contributed by atoms with van der Waals surface area (Å²) in [5.41, 5.74) is 1.24. The van der Waals surface area contributed by atoms with Gasteiger partial charge in [0.2, 0.25) is 0 Å². The Bertz CT molecular complexity index is 244. The van der Waals surface area contributed by atoms with Crippen LogP contribution in [-0.4, -0.2) is 29.4 Å². The summed E-state index contributed by atoms with van der Waals surface area (Å²) in [4.78, 5) is 0. The Hall–Kier alpha value is -0.870. The van der Waals surface area contributed by atoms with Gasteiger partial charge in [0.05, 0.1) is 6.20 Å². The number of hydrogen-bond acceptors (Lipinski definition) is 3. The molecule has 2 N–H and O–H groups in total. The summed E-state index contributed by atoms with van der Waals surface area (Å²) >= 11 is 0. The molecular weight excluding hydrogens is 176 g/mol. The molecule has 1 aromatic heterocycles. The molecule has 0 aromatic carbocycles. The second-order valence-corrected chi connectivity index (χ2v) is 3.45. The Morgan fingerprint density at radius 2 is 2.07 bits per heavy atom. The SMILES string of the molecule is CCCNCCNCc1cnn(C)c1. The Morgan fingerprint density at radius 1 is 1.29 bits per heavy atom. The van der Waals surface area contributed by atoms with Gasteiger partial charge in [-0.1, -0.05) is 6.92 Å². The number of hydrogen-bond donors (Lipinski definition) is 2. The van der Waals surface area contributed by atoms with Crippen molar-refractivity contribution in [3.05, 3.63) is 18.0 Å². The van der Waals surface area contributed by atoms with Gasteiger partial charge in [-0.05, 0) is 13.0 Å². The molecule has 0 bridgehead atoms. The van der Waals surface area contributed by atoms with Crippen LogP contribution in [0.1, 0.15) is 18.9 Å². The topological polar surface area (TPSA) is 41.9 Å². The normalized spacial score (nSPS) is 10.7. The van der Waals surface area contributed by atoms with Crippen LogP contribution in [0.25, 0.3) is 0 Å². The summed E-state index contributed by atoms with van der Waals surface area (Å²) in [6.45, 7) is 6.23. The van der Waals surface area contributed by atoms with E-state index >= 15 is 0 Å². The maximum absolute atomic E-state index is 4.11. The van der Waals surface area contributed by atoms with Crippen molar-refractivity contribution in [2.75, 3.05) is 19.6 Å². The van der Waals surface area contributed by atoms with Crippen molar-refractivity contribution in [1.29, 1.82) is 0 Å². The molecule has 1 rings (SSSR count). The zero-order chi connectivity index (χ0) is 10.2. The summed E-state index contributed by atoms with van der Waals surface area (Å²) in [7, 11) is 1.94. The molecule has 0 atom stereocenters. The molecule has 0 saturated carbocycles. The third-order valence-corrected chi connectivity index (χ3v) is 1.99. The number of nitrogens with one attached hydrogen (secondary N) is 2. The lowest BCUT2D eigenvalue weighted by atomic mass is 10.3. The molecule has 1 heterocycles. The van der Waals surface area contributed by atoms with E-state index < -0.39 is 0 Å². The highest BCUT2D eigenvalue weighted by molar-refractivity contribution is 5.02. The van der Waals surface area contributed by atoms with Crippen molar-refractivity contribution in [2.45, 2.75) is 19.9 Å². The monoisotopic (exact) mass is 196 g/mol. The maximum Gasteiger partial charge on any atom is 0.0534 e. The van der Waals surface area contributed by atoms with Gasteiger partial charge in [-0.25, -0.2) is 0 Å². The van der Waals surface area contributed by atoms with Gasteiger partial charge in [-0.3, -0.25) is 4.68 Å². The van der Waals surface area contributed by atoms with Crippen molar-refractivity contribution < 1.29 is 0 Å². The molecule has 0 aliphatic heterocycles. The van der Waals surface area contributed by atoms with Crippen LogP contribution in [0.5, 0.6) is 0 Å². The minimum atomic E-state index is 0.904. The van der Waals surface area contributed by atoms with Crippen LogP contribution in [0.3, 0.4) is 0 Å². The zero-order valence-corrected chi connectivity index (χ0v) is 9.08. The van der Waals surface area contributed by atoms with E-state index in [2.05, 4.69) is 22.7 Å². The van der Waals surface area contributed by atoms with Crippen molar-refractivity contribution in [2.24, 2.45) is 7.05 Å². The van der Waals surface area contributed by atoms with Crippen molar-refractivity contribution in [1.82, 2.24) is 20.4 Å². The molecule has 0 unspecified atom stereocenters. The highest BCUT2D eigenvalue weighted by Crippen LogP contribution is 1.93. The molecular formula is C10H20N4. The molecule has 4 nitrogen and oxygen atoms in total. The third-order valence-electron chi connectivity index (χ3n) is 1.99.